The molecule has 0 N–H and O–H groups in total. The van der Waals surface area contributed by atoms with E-state index in [1.165, 1.54) is 33.2 Å². The molecule has 0 aliphatic rings. The number of fused-ring (bicyclic) bond motifs is 1. The Bertz CT molecular complexity index is 1100. The molecule has 0 aliphatic heterocycles. The minimum atomic E-state index is 0. The Morgan fingerprint density at radius 3 is 1.82 bits per heavy atom. The summed E-state index contributed by atoms with van der Waals surface area (Å²) in [6.45, 7) is 0.939. The Balaban J connectivity index is -0.00000150. The molecule has 0 radical (unpaired) electrons. The van der Waals surface area contributed by atoms with Gasteiger partial charge in [0.05, 0.1) is 14.1 Å². The lowest BCUT2D eigenvalue weighted by Crippen LogP contribution is -2.40. The van der Waals surface area contributed by atoms with Crippen LogP contribution in [0.25, 0.3) is 21.9 Å². The third kappa shape index (κ3) is 7.33. The van der Waals surface area contributed by atoms with Crippen molar-refractivity contribution in [2.45, 2.75) is 6.54 Å². The zero-order valence-electron chi connectivity index (χ0n) is 18.1. The Kier molecular flexibility index (Phi) is 15.1. The smallest absolute Gasteiger partial charge is 0.140 e. The standard InChI is InChI=1S/C25H23BrN.6FH/c1-27(2,18-21-10-7-9-19-8-3-4-11-23(19)21)25-13-6-5-12-24(25)20-14-16-22(26)17-15-20;;;;;;/h3-17H,18H2,1-2H3;6*1H/q+1;;;;;;. The third-order valence-corrected chi connectivity index (χ3v) is 5.69. The van der Waals surface area contributed by atoms with Crippen molar-refractivity contribution in [1.82, 2.24) is 4.48 Å². The lowest BCUT2D eigenvalue weighted by molar-refractivity contribution is 0.394. The van der Waals surface area contributed by atoms with Crippen LogP contribution in [0.15, 0.2) is 95.5 Å². The molecule has 4 aromatic rings. The van der Waals surface area contributed by atoms with Gasteiger partial charge in [-0.15, -0.1) is 0 Å². The molecule has 0 unspecified atom stereocenters. The molecule has 4 rings (SSSR count). The highest BCUT2D eigenvalue weighted by molar-refractivity contribution is 9.10. The largest absolute Gasteiger partial charge is 0.292 e. The number of para-hydroxylation sites is 1. The van der Waals surface area contributed by atoms with Crippen molar-refractivity contribution in [1.29, 1.82) is 0 Å². The van der Waals surface area contributed by atoms with E-state index < -0.39 is 0 Å². The van der Waals surface area contributed by atoms with Crippen LogP contribution in [-0.2, 0) is 6.54 Å². The van der Waals surface area contributed by atoms with E-state index in [0.717, 1.165) is 15.5 Å². The van der Waals surface area contributed by atoms with Gasteiger partial charge in [0, 0.05) is 15.6 Å². The molecule has 4 aromatic carbocycles. The van der Waals surface area contributed by atoms with Gasteiger partial charge in [0.15, 0.2) is 0 Å². The Morgan fingerprint density at radius 1 is 0.606 bits per heavy atom. The molecule has 1 nitrogen and oxygen atoms in total. The summed E-state index contributed by atoms with van der Waals surface area (Å²) in [5, 5.41) is 2.64. The second-order valence-electron chi connectivity index (χ2n) is 7.51. The molecule has 0 spiro atoms. The average Bonchev–Trinajstić information content (AvgIpc) is 2.69. The van der Waals surface area contributed by atoms with E-state index in [1.54, 1.807) is 0 Å². The van der Waals surface area contributed by atoms with E-state index in [2.05, 4.69) is 121 Å². The lowest BCUT2D eigenvalue weighted by atomic mass is 10.00. The van der Waals surface area contributed by atoms with Crippen LogP contribution >= 0.6 is 15.9 Å². The summed E-state index contributed by atoms with van der Waals surface area (Å²) in [6.07, 6.45) is 0. The van der Waals surface area contributed by atoms with Gasteiger partial charge >= 0.3 is 0 Å². The summed E-state index contributed by atoms with van der Waals surface area (Å²) in [5.74, 6) is 0. The second-order valence-corrected chi connectivity index (χ2v) is 8.42. The summed E-state index contributed by atoms with van der Waals surface area (Å²) in [7, 11) is 4.58. The Hall–Kier alpha value is -2.84. The van der Waals surface area contributed by atoms with Gasteiger partial charge in [-0.1, -0.05) is 82.7 Å². The fourth-order valence-electron chi connectivity index (χ4n) is 3.82. The molecule has 0 saturated carbocycles. The first-order chi connectivity index (χ1) is 13.0. The van der Waals surface area contributed by atoms with Crippen LogP contribution in [0.2, 0.25) is 0 Å². The highest BCUT2D eigenvalue weighted by Crippen LogP contribution is 2.35. The molecule has 0 amide bonds. The average molecular weight is 537 g/mol. The first kappa shape index (κ1) is 34.8. The number of rotatable bonds is 4. The maximum Gasteiger partial charge on any atom is 0.140 e. The van der Waals surface area contributed by atoms with Crippen molar-refractivity contribution in [2.24, 2.45) is 0 Å². The number of benzene rings is 4. The number of hydrogen-bond acceptors (Lipinski definition) is 0. The molecule has 0 saturated heterocycles. The van der Waals surface area contributed by atoms with E-state index in [1.807, 2.05) is 0 Å². The zero-order chi connectivity index (χ0) is 18.9. The molecular weight excluding hydrogens is 508 g/mol. The van der Waals surface area contributed by atoms with Crippen LogP contribution in [0.5, 0.6) is 0 Å². The van der Waals surface area contributed by atoms with Gasteiger partial charge < -0.3 is 0 Å². The van der Waals surface area contributed by atoms with Gasteiger partial charge in [-0.25, -0.2) is 0 Å². The van der Waals surface area contributed by atoms with E-state index in [0.29, 0.717) is 0 Å². The van der Waals surface area contributed by atoms with Crippen LogP contribution in [0.3, 0.4) is 0 Å². The van der Waals surface area contributed by atoms with Gasteiger partial charge in [-0.05, 0) is 40.6 Å². The van der Waals surface area contributed by atoms with Crippen LogP contribution in [-0.4, -0.2) is 14.1 Å². The molecule has 0 fully saturated rings. The number of nitrogens with zero attached hydrogens (tertiary/aromatic N) is 1. The van der Waals surface area contributed by atoms with Crippen LogP contribution in [0, 0.1) is 0 Å². The number of halogens is 7. The predicted molar refractivity (Wildman–Crippen MR) is 136 cm³/mol. The monoisotopic (exact) mass is 536 g/mol. The normalized spacial score (nSPS) is 9.55. The minimum absolute atomic E-state index is 0. The van der Waals surface area contributed by atoms with Gasteiger partial charge in [-0.2, -0.15) is 0 Å². The molecule has 0 bridgehead atoms. The number of hydrogen-bond donors (Lipinski definition) is 0. The summed E-state index contributed by atoms with van der Waals surface area (Å²) in [5.41, 5.74) is 5.24. The van der Waals surface area contributed by atoms with Crippen molar-refractivity contribution in [2.75, 3.05) is 14.1 Å². The first-order valence-corrected chi connectivity index (χ1v) is 9.99. The molecule has 0 aromatic heterocycles. The van der Waals surface area contributed by atoms with Crippen molar-refractivity contribution in [3.8, 4) is 11.1 Å². The molecule has 0 heterocycles. The van der Waals surface area contributed by atoms with E-state index in [4.69, 9.17) is 0 Å². The van der Waals surface area contributed by atoms with Crippen molar-refractivity contribution in [3.63, 3.8) is 0 Å². The SMILES string of the molecule is C[N+](C)(Cc1cccc2ccccc12)c1ccccc1-c1ccc(Br)cc1.F.F.F.F.F.F. The Labute approximate surface area is 198 Å². The van der Waals surface area contributed by atoms with Gasteiger partial charge in [0.1, 0.15) is 12.2 Å². The van der Waals surface area contributed by atoms with Gasteiger partial charge in [-0.3, -0.25) is 32.7 Å². The molecule has 0 aliphatic carbocycles. The van der Waals surface area contributed by atoms with Crippen LogP contribution in [0.4, 0.5) is 33.9 Å². The van der Waals surface area contributed by atoms with E-state index in [-0.39, 0.29) is 28.2 Å². The maximum atomic E-state index is 3.54. The molecule has 8 heteroatoms. The van der Waals surface area contributed by atoms with Crippen molar-refractivity contribution >= 4 is 32.4 Å². The highest BCUT2D eigenvalue weighted by Gasteiger charge is 2.24. The van der Waals surface area contributed by atoms with Crippen LogP contribution < -0.4 is 4.48 Å². The van der Waals surface area contributed by atoms with Crippen LogP contribution in [0.1, 0.15) is 5.56 Å². The minimum Gasteiger partial charge on any atom is -0.292 e. The summed E-state index contributed by atoms with van der Waals surface area (Å²) < 4.78 is 1.90. The predicted octanol–water partition coefficient (Wildman–Crippen LogP) is 7.95. The summed E-state index contributed by atoms with van der Waals surface area (Å²) in [4.78, 5) is 0. The molecule has 0 atom stereocenters. The summed E-state index contributed by atoms with van der Waals surface area (Å²) >= 11 is 3.54. The Morgan fingerprint density at radius 2 is 1.15 bits per heavy atom. The topological polar surface area (TPSA) is 0 Å². The fraction of sp³-hybridized carbons (Fsp3) is 0.120. The van der Waals surface area contributed by atoms with Gasteiger partial charge in [0.2, 0.25) is 0 Å². The molecule has 182 valence electrons. The second kappa shape index (κ2) is 14.3. The lowest BCUT2D eigenvalue weighted by Gasteiger charge is -2.32. The third-order valence-electron chi connectivity index (χ3n) is 5.16. The van der Waals surface area contributed by atoms with Crippen molar-refractivity contribution in [3.05, 3.63) is 101 Å². The molecular formula is C25H29BrF6N+. The highest BCUT2D eigenvalue weighted by atomic mass is 79.9. The maximum absolute atomic E-state index is 3.54. The molecule has 33 heavy (non-hydrogen) atoms. The van der Waals surface area contributed by atoms with Gasteiger partial charge in [0.25, 0.3) is 0 Å². The van der Waals surface area contributed by atoms with E-state index in [9.17, 15) is 0 Å². The van der Waals surface area contributed by atoms with Crippen molar-refractivity contribution < 1.29 is 28.2 Å². The zero-order valence-corrected chi connectivity index (χ0v) is 19.7. The summed E-state index contributed by atoms with van der Waals surface area (Å²) in [6, 6.07) is 32.6. The quantitative estimate of drug-likeness (QED) is 0.183. The fourth-order valence-corrected chi connectivity index (χ4v) is 4.08. The number of quaternary nitrogens is 1. The first-order valence-electron chi connectivity index (χ1n) is 9.20. The van der Waals surface area contributed by atoms with E-state index >= 15 is 0 Å².